The third kappa shape index (κ3) is 4.36. The van der Waals surface area contributed by atoms with Crippen molar-refractivity contribution >= 4 is 23.7 Å². The Morgan fingerprint density at radius 2 is 2.26 bits per heavy atom. The largest absolute Gasteiger partial charge is 0.458 e. The molecule has 142 valence electrons. The van der Waals surface area contributed by atoms with Crippen molar-refractivity contribution in [2.45, 2.75) is 25.1 Å². The highest BCUT2D eigenvalue weighted by atomic mass is 32.2. The second-order valence-electron chi connectivity index (χ2n) is 5.09. The monoisotopic (exact) mass is 397 g/mol. The molecule has 0 unspecified atom stereocenters. The van der Waals surface area contributed by atoms with E-state index in [0.29, 0.717) is 17.3 Å². The number of alkyl halides is 2. The second-order valence-corrected chi connectivity index (χ2v) is 6.32. The van der Waals surface area contributed by atoms with Crippen LogP contribution in [0.25, 0.3) is 0 Å². The third-order valence-electron chi connectivity index (χ3n) is 3.24. The molecule has 3 rings (SSSR count). The smallest absolute Gasteiger partial charge is 0.307 e. The van der Waals surface area contributed by atoms with Gasteiger partial charge < -0.3 is 4.42 Å². The van der Waals surface area contributed by atoms with Gasteiger partial charge in [0, 0.05) is 0 Å². The highest BCUT2D eigenvalue weighted by Gasteiger charge is 2.20. The zero-order valence-electron chi connectivity index (χ0n) is 13.9. The minimum Gasteiger partial charge on any atom is -0.458 e. The summed E-state index contributed by atoms with van der Waals surface area (Å²) in [4.78, 5) is 10.1. The van der Waals surface area contributed by atoms with Crippen LogP contribution in [0.15, 0.2) is 39.2 Å². The van der Waals surface area contributed by atoms with Gasteiger partial charge in [-0.25, -0.2) is 8.78 Å². The molecule has 0 amide bonds. The van der Waals surface area contributed by atoms with Crippen molar-refractivity contribution in [2.75, 3.05) is 5.75 Å². The van der Waals surface area contributed by atoms with Crippen LogP contribution in [0, 0.1) is 10.1 Å². The molecule has 3 aromatic heterocycles. The molecule has 0 aliphatic heterocycles. The molecule has 0 radical (unpaired) electrons. The predicted molar refractivity (Wildman–Crippen MR) is 91.1 cm³/mol. The van der Waals surface area contributed by atoms with Gasteiger partial charge in [0.05, 0.1) is 17.7 Å². The van der Waals surface area contributed by atoms with Crippen molar-refractivity contribution in [1.29, 1.82) is 0 Å². The van der Waals surface area contributed by atoms with Crippen LogP contribution in [0.2, 0.25) is 0 Å². The van der Waals surface area contributed by atoms with Gasteiger partial charge in [-0.05, 0) is 17.9 Å². The van der Waals surface area contributed by atoms with Crippen molar-refractivity contribution in [1.82, 2.24) is 24.7 Å². The Bertz CT molecular complexity index is 966. The minimum absolute atomic E-state index is 0.128. The van der Waals surface area contributed by atoms with Gasteiger partial charge in [-0.3, -0.25) is 14.8 Å². The van der Waals surface area contributed by atoms with Crippen LogP contribution in [0.1, 0.15) is 30.7 Å². The van der Waals surface area contributed by atoms with Gasteiger partial charge in [0.25, 0.3) is 6.43 Å². The molecule has 13 heteroatoms. The summed E-state index contributed by atoms with van der Waals surface area (Å²) in [5.74, 6) is 0.846. The third-order valence-corrected chi connectivity index (χ3v) is 4.04. The van der Waals surface area contributed by atoms with Crippen LogP contribution in [0.4, 0.5) is 14.5 Å². The first-order valence-corrected chi connectivity index (χ1v) is 8.62. The highest BCUT2D eigenvalue weighted by molar-refractivity contribution is 7.99. The van der Waals surface area contributed by atoms with Crippen LogP contribution < -0.4 is 0 Å². The molecule has 0 N–H and O–H groups in total. The van der Waals surface area contributed by atoms with Gasteiger partial charge in [0.1, 0.15) is 23.9 Å². The topological polar surface area (TPSA) is 117 Å². The Balaban J connectivity index is 1.75. The molecular formula is C14H13F2N7O3S. The Kier molecular flexibility index (Phi) is 5.59. The molecule has 0 aliphatic rings. The van der Waals surface area contributed by atoms with Crippen molar-refractivity contribution in [2.24, 2.45) is 5.10 Å². The molecule has 0 saturated carbocycles. The summed E-state index contributed by atoms with van der Waals surface area (Å²) in [6, 6.07) is 3.23. The van der Waals surface area contributed by atoms with E-state index < -0.39 is 17.2 Å². The molecule has 0 aliphatic carbocycles. The lowest BCUT2D eigenvalue weighted by atomic mass is 10.4. The van der Waals surface area contributed by atoms with Crippen LogP contribution in [0.3, 0.4) is 0 Å². The summed E-state index contributed by atoms with van der Waals surface area (Å²) >= 11 is 1.23. The average Bonchev–Trinajstić information content (AvgIpc) is 3.34. The normalized spacial score (nSPS) is 11.7. The van der Waals surface area contributed by atoms with E-state index in [2.05, 4.69) is 20.4 Å². The van der Waals surface area contributed by atoms with Gasteiger partial charge in [-0.2, -0.15) is 14.9 Å². The summed E-state index contributed by atoms with van der Waals surface area (Å²) in [6.07, 6.45) is 0.861. The molecule has 3 heterocycles. The van der Waals surface area contributed by atoms with E-state index in [-0.39, 0.29) is 17.4 Å². The zero-order valence-corrected chi connectivity index (χ0v) is 14.7. The van der Waals surface area contributed by atoms with Crippen LogP contribution >= 0.6 is 11.8 Å². The van der Waals surface area contributed by atoms with Crippen molar-refractivity contribution in [3.8, 4) is 0 Å². The number of halogens is 2. The number of aromatic nitrogens is 5. The van der Waals surface area contributed by atoms with Crippen molar-refractivity contribution in [3.63, 3.8) is 0 Å². The van der Waals surface area contributed by atoms with Gasteiger partial charge in [0.15, 0.2) is 0 Å². The Hall–Kier alpha value is -3.09. The summed E-state index contributed by atoms with van der Waals surface area (Å²) in [5.41, 5.74) is -0.128. The molecule has 0 saturated heterocycles. The van der Waals surface area contributed by atoms with E-state index in [1.165, 1.54) is 28.9 Å². The summed E-state index contributed by atoms with van der Waals surface area (Å²) in [6.45, 7) is 2.03. The number of thioether (sulfide) groups is 1. The summed E-state index contributed by atoms with van der Waals surface area (Å²) < 4.78 is 33.9. The average molecular weight is 397 g/mol. The first-order valence-electron chi connectivity index (χ1n) is 7.64. The second kappa shape index (κ2) is 8.07. The van der Waals surface area contributed by atoms with E-state index in [0.717, 1.165) is 10.9 Å². The molecule has 3 aromatic rings. The number of nitro groups is 1. The van der Waals surface area contributed by atoms with E-state index in [1.807, 2.05) is 6.92 Å². The summed E-state index contributed by atoms with van der Waals surface area (Å²) in [5, 5.41) is 25.9. The maximum atomic E-state index is 13.0. The molecule has 0 aromatic carbocycles. The lowest BCUT2D eigenvalue weighted by molar-refractivity contribution is -0.385. The van der Waals surface area contributed by atoms with E-state index in [4.69, 9.17) is 4.42 Å². The van der Waals surface area contributed by atoms with Crippen molar-refractivity contribution in [3.05, 3.63) is 52.0 Å². The maximum Gasteiger partial charge on any atom is 0.307 e. The SMILES string of the molecule is CCSc1nnc(C(F)F)n1N=Cc1ccc(Cn2cc([N+](=O)[O-])cn2)o1. The standard InChI is InChI=1S/C14H13F2N7O3S/c1-2-27-14-20-19-13(12(15)16)22(14)18-6-10-3-4-11(26-10)8-21-7-9(5-17-21)23(24)25/h3-7,12H,2,8H2,1H3. The fourth-order valence-corrected chi connectivity index (χ4v) is 2.72. The quantitative estimate of drug-likeness (QED) is 0.248. The van der Waals surface area contributed by atoms with Crippen LogP contribution in [-0.4, -0.2) is 41.5 Å². The van der Waals surface area contributed by atoms with E-state index in [9.17, 15) is 18.9 Å². The van der Waals surface area contributed by atoms with Gasteiger partial charge >= 0.3 is 5.69 Å². The number of hydrogen-bond acceptors (Lipinski definition) is 8. The van der Waals surface area contributed by atoms with Crippen molar-refractivity contribution < 1.29 is 18.1 Å². The lowest BCUT2D eigenvalue weighted by Gasteiger charge is -2.01. The highest BCUT2D eigenvalue weighted by Crippen LogP contribution is 2.23. The molecule has 0 atom stereocenters. The van der Waals surface area contributed by atoms with Gasteiger partial charge in [-0.15, -0.1) is 10.2 Å². The molecule has 0 bridgehead atoms. The molecule has 27 heavy (non-hydrogen) atoms. The first kappa shape index (κ1) is 18.7. The maximum absolute atomic E-state index is 13.0. The van der Waals surface area contributed by atoms with Gasteiger partial charge in [-0.1, -0.05) is 18.7 Å². The summed E-state index contributed by atoms with van der Waals surface area (Å²) in [7, 11) is 0. The number of furan rings is 1. The molecule has 0 spiro atoms. The Morgan fingerprint density at radius 1 is 1.44 bits per heavy atom. The van der Waals surface area contributed by atoms with E-state index >= 15 is 0 Å². The number of rotatable bonds is 8. The lowest BCUT2D eigenvalue weighted by Crippen LogP contribution is -2.00. The van der Waals surface area contributed by atoms with Crippen LogP contribution in [-0.2, 0) is 6.54 Å². The molecule has 10 nitrogen and oxygen atoms in total. The van der Waals surface area contributed by atoms with E-state index in [1.54, 1.807) is 12.1 Å². The fourth-order valence-electron chi connectivity index (χ4n) is 2.10. The minimum atomic E-state index is -2.82. The van der Waals surface area contributed by atoms with Crippen LogP contribution in [0.5, 0.6) is 0 Å². The zero-order chi connectivity index (χ0) is 19.4. The van der Waals surface area contributed by atoms with Gasteiger partial charge in [0.2, 0.25) is 11.0 Å². The number of nitrogens with zero attached hydrogens (tertiary/aromatic N) is 7. The number of hydrogen-bond donors (Lipinski definition) is 0. The Morgan fingerprint density at radius 3 is 2.93 bits per heavy atom. The first-order chi connectivity index (χ1) is 13.0. The molecule has 0 fully saturated rings. The Labute approximate surface area is 155 Å². The predicted octanol–water partition coefficient (Wildman–Crippen LogP) is 2.96. The fraction of sp³-hybridized carbons (Fsp3) is 0.286. The molecular weight excluding hydrogens is 384 g/mol.